The number of carbonyl (C=O) groups is 4. The maximum Gasteiger partial charge on any atom is 0.331 e. The summed E-state index contributed by atoms with van der Waals surface area (Å²) < 4.78 is 75.9. The summed E-state index contributed by atoms with van der Waals surface area (Å²) in [6, 6.07) is 9.02. The molecule has 5 fully saturated rings. The van der Waals surface area contributed by atoms with E-state index in [0.717, 1.165) is 135 Å². The summed E-state index contributed by atoms with van der Waals surface area (Å²) in [5.74, 6) is -2.76. The molecule has 5 heterocycles. The number of aliphatic hydroxyl groups is 5. The average molecular weight is 1310 g/mol. The van der Waals surface area contributed by atoms with Crippen LogP contribution in [0.4, 0.5) is 0 Å². The van der Waals surface area contributed by atoms with Crippen molar-refractivity contribution in [3.63, 3.8) is 0 Å². The lowest BCUT2D eigenvalue weighted by atomic mass is 9.95. The minimum atomic E-state index is -1.87. The van der Waals surface area contributed by atoms with E-state index in [0.29, 0.717) is 24.8 Å². The third kappa shape index (κ3) is 25.1. The second-order valence-corrected chi connectivity index (χ2v) is 26.3. The van der Waals surface area contributed by atoms with Crippen molar-refractivity contribution in [3.05, 3.63) is 42.0 Å². The summed E-state index contributed by atoms with van der Waals surface area (Å²) in [7, 11) is 0. The van der Waals surface area contributed by atoms with Crippen LogP contribution in [0.2, 0.25) is 0 Å². The Balaban J connectivity index is 1.26. The average Bonchev–Trinajstić information content (AvgIpc) is 0.789. The normalized spacial score (nSPS) is 34.6. The third-order valence-electron chi connectivity index (χ3n) is 18.5. The fourth-order valence-electron chi connectivity index (χ4n) is 12.9. The summed E-state index contributed by atoms with van der Waals surface area (Å²) in [5, 5.41) is 60.0. The van der Waals surface area contributed by atoms with Crippen molar-refractivity contribution < 1.29 is 102 Å². The second-order valence-electron chi connectivity index (χ2n) is 26.3. The second kappa shape index (κ2) is 42.1. The number of carbonyl (C=O) groups excluding carboxylic acids is 4. The van der Waals surface area contributed by atoms with E-state index in [4.69, 9.17) is 56.8 Å². The molecule has 5 aliphatic rings. The molecule has 1 aromatic carbocycles. The topological polar surface area (TPSA) is 280 Å². The van der Waals surface area contributed by atoms with Crippen LogP contribution < -0.4 is 0 Å². The van der Waals surface area contributed by atoms with Gasteiger partial charge in [0.05, 0.1) is 30.5 Å². The Morgan fingerprint density at radius 3 is 1.62 bits per heavy atom. The van der Waals surface area contributed by atoms with Gasteiger partial charge in [-0.3, -0.25) is 14.4 Å². The Morgan fingerprint density at radius 2 is 0.989 bits per heavy atom. The molecule has 5 N–H and O–H groups in total. The van der Waals surface area contributed by atoms with E-state index in [1.165, 1.54) is 37.8 Å². The highest BCUT2D eigenvalue weighted by Crippen LogP contribution is 2.38. The largest absolute Gasteiger partial charge is 0.457 e. The van der Waals surface area contributed by atoms with Gasteiger partial charge in [-0.2, -0.15) is 0 Å². The van der Waals surface area contributed by atoms with Gasteiger partial charge in [0.1, 0.15) is 48.8 Å². The lowest BCUT2D eigenvalue weighted by molar-refractivity contribution is -0.387. The van der Waals surface area contributed by atoms with Crippen LogP contribution in [0.5, 0.6) is 0 Å². The highest BCUT2D eigenvalue weighted by molar-refractivity contribution is 5.87. The highest BCUT2D eigenvalue weighted by atomic mass is 16.8. The van der Waals surface area contributed by atoms with Gasteiger partial charge in [-0.25, -0.2) is 4.79 Å². The summed E-state index contributed by atoms with van der Waals surface area (Å²) in [5.41, 5.74) is 0.692. The standard InChI is InChI=1S/C71H116O21/c1-8-11-14-16-18-19-23-27-34-41-52(72)86-61-47(5)84-71(67(58(61)78)89-55(75)45-44-50-37-31-29-32-38-50)91-63-49(7)82-68(59(79)65(63)88-54(74)42-35-26-21-17-15-12-9-2)90-62-48(6)83-69-60(80)64(62)87-53(73)43-36-28-24-20-22-25-33-40-51(39-30-13-10-3)85-70-66(92-69)57(77)56(76)46(4)81-70/h29,31-32,37-38,44-49,51,56-71,76-80H,8-28,30,33-36,39-43H2,1-7H3. The van der Waals surface area contributed by atoms with E-state index in [1.807, 2.05) is 6.07 Å². The van der Waals surface area contributed by atoms with E-state index in [1.54, 1.807) is 52.0 Å². The molecule has 526 valence electrons. The first-order valence-corrected chi connectivity index (χ1v) is 35.6. The van der Waals surface area contributed by atoms with Gasteiger partial charge in [-0.05, 0) is 71.4 Å². The Bertz CT molecular complexity index is 2260. The van der Waals surface area contributed by atoms with E-state index in [2.05, 4.69) is 20.8 Å². The van der Waals surface area contributed by atoms with E-state index in [9.17, 15) is 44.7 Å². The number of benzene rings is 1. The van der Waals surface area contributed by atoms with Gasteiger partial charge in [0.25, 0.3) is 0 Å². The zero-order valence-electron chi connectivity index (χ0n) is 56.4. The van der Waals surface area contributed by atoms with Crippen molar-refractivity contribution in [2.45, 2.75) is 376 Å². The van der Waals surface area contributed by atoms with Crippen molar-refractivity contribution >= 4 is 30.0 Å². The fourth-order valence-corrected chi connectivity index (χ4v) is 12.9. The predicted molar refractivity (Wildman–Crippen MR) is 342 cm³/mol. The number of rotatable bonds is 31. The first-order valence-electron chi connectivity index (χ1n) is 35.6. The highest BCUT2D eigenvalue weighted by Gasteiger charge is 2.57. The Hall–Kier alpha value is -3.68. The number of hydrogen-bond acceptors (Lipinski definition) is 21. The molecule has 0 aliphatic carbocycles. The summed E-state index contributed by atoms with van der Waals surface area (Å²) in [6.45, 7) is 12.8. The van der Waals surface area contributed by atoms with Crippen molar-refractivity contribution in [2.75, 3.05) is 0 Å². The summed E-state index contributed by atoms with van der Waals surface area (Å²) >= 11 is 0. The molecule has 0 saturated carbocycles. The monoisotopic (exact) mass is 1300 g/mol. The van der Waals surface area contributed by atoms with Crippen LogP contribution in [0.25, 0.3) is 6.08 Å². The van der Waals surface area contributed by atoms with Crippen LogP contribution in [-0.4, -0.2) is 178 Å². The molecule has 0 radical (unpaired) electrons. The van der Waals surface area contributed by atoms with Crippen molar-refractivity contribution in [1.82, 2.24) is 0 Å². The molecular weight excluding hydrogens is 1190 g/mol. The molecule has 5 saturated heterocycles. The zero-order chi connectivity index (χ0) is 66.4. The van der Waals surface area contributed by atoms with Crippen molar-refractivity contribution in [2.24, 2.45) is 0 Å². The molecule has 21 nitrogen and oxygen atoms in total. The summed E-state index contributed by atoms with van der Waals surface area (Å²) in [6.07, 6.45) is 0.0422. The minimum absolute atomic E-state index is 0.0125. The van der Waals surface area contributed by atoms with Crippen LogP contribution in [0.3, 0.4) is 0 Å². The number of hydrogen-bond donors (Lipinski definition) is 5. The third-order valence-corrected chi connectivity index (χ3v) is 18.5. The molecule has 0 amide bonds. The zero-order valence-corrected chi connectivity index (χ0v) is 56.4. The molecule has 5 aliphatic heterocycles. The lowest BCUT2D eigenvalue weighted by Gasteiger charge is -2.49. The predicted octanol–water partition coefficient (Wildman–Crippen LogP) is 10.8. The van der Waals surface area contributed by atoms with Gasteiger partial charge in [0, 0.05) is 25.3 Å². The van der Waals surface area contributed by atoms with Crippen LogP contribution in [0, 0.1) is 0 Å². The molecule has 21 heteroatoms. The maximum absolute atomic E-state index is 14.0. The van der Waals surface area contributed by atoms with E-state index >= 15 is 0 Å². The van der Waals surface area contributed by atoms with Crippen LogP contribution in [0.1, 0.15) is 253 Å². The Kier molecular flexibility index (Phi) is 35.4. The smallest absolute Gasteiger partial charge is 0.331 e. The van der Waals surface area contributed by atoms with E-state index in [-0.39, 0.29) is 25.4 Å². The molecule has 21 atom stereocenters. The SMILES string of the molecule is CCCCCCCCCCCC(=O)OC1C(C)OC(OC2C(C)OC(OC3C(C)OC4OC5C(OC(CCCCC)CCCCCCCCCC(=O)OC3C4O)OC(C)C(O)C5O)C(O)C2OC(=O)CCCCCCCCC)C(OC(=O)C=Cc2ccccc2)C1O. The first kappa shape index (κ1) is 77.3. The minimum Gasteiger partial charge on any atom is -0.457 e. The quantitative estimate of drug-likeness (QED) is 0.0200. The molecule has 6 rings (SSSR count). The molecule has 1 aromatic rings. The van der Waals surface area contributed by atoms with Gasteiger partial charge in [0.2, 0.25) is 0 Å². The first-order chi connectivity index (χ1) is 44.4. The van der Waals surface area contributed by atoms with Crippen molar-refractivity contribution in [3.8, 4) is 0 Å². The maximum atomic E-state index is 14.0. The van der Waals surface area contributed by atoms with Crippen molar-refractivity contribution in [1.29, 1.82) is 0 Å². The fraction of sp³-hybridized carbons (Fsp3) is 0.831. The van der Waals surface area contributed by atoms with Gasteiger partial charge < -0.3 is 82.4 Å². The molecule has 2 bridgehead atoms. The van der Waals surface area contributed by atoms with Gasteiger partial charge >= 0.3 is 23.9 Å². The molecule has 0 aromatic heterocycles. The number of unbranched alkanes of at least 4 members (excludes halogenated alkanes) is 16. The number of ether oxygens (including phenoxy) is 12. The Morgan fingerprint density at radius 1 is 0.467 bits per heavy atom. The number of fused-ring (bicyclic) bond motifs is 3. The van der Waals surface area contributed by atoms with E-state index < -0.39 is 147 Å². The van der Waals surface area contributed by atoms with Gasteiger partial charge in [-0.15, -0.1) is 0 Å². The van der Waals surface area contributed by atoms with Gasteiger partial charge in [-0.1, -0.05) is 199 Å². The van der Waals surface area contributed by atoms with Crippen LogP contribution in [-0.2, 0) is 76.0 Å². The summed E-state index contributed by atoms with van der Waals surface area (Å²) in [4.78, 5) is 55.1. The molecule has 0 spiro atoms. The number of aliphatic hydroxyl groups excluding tert-OH is 5. The molecule has 21 unspecified atom stereocenters. The molecular formula is C71H116O21. The van der Waals surface area contributed by atoms with Crippen LogP contribution >= 0.6 is 0 Å². The van der Waals surface area contributed by atoms with Gasteiger partial charge in [0.15, 0.2) is 49.6 Å². The Labute approximate surface area is 547 Å². The lowest BCUT2D eigenvalue weighted by Crippen LogP contribution is -2.67. The number of esters is 4. The molecule has 92 heavy (non-hydrogen) atoms. The van der Waals surface area contributed by atoms with Crippen LogP contribution in [0.15, 0.2) is 36.4 Å².